The van der Waals surface area contributed by atoms with Crippen molar-refractivity contribution < 1.29 is 22.7 Å². The van der Waals surface area contributed by atoms with Crippen molar-refractivity contribution in [2.45, 2.75) is 38.2 Å². The highest BCUT2D eigenvalue weighted by molar-refractivity contribution is 5.81. The van der Waals surface area contributed by atoms with Gasteiger partial charge < -0.3 is 10.1 Å². The van der Waals surface area contributed by atoms with Crippen LogP contribution in [-0.4, -0.2) is 30.4 Å². The highest BCUT2D eigenvalue weighted by Crippen LogP contribution is 2.29. The number of nitrogens with zero attached hydrogens (tertiary/aromatic N) is 1. The minimum Gasteiger partial charge on any atom is -0.489 e. The highest BCUT2D eigenvalue weighted by Gasteiger charge is 2.30. The van der Waals surface area contributed by atoms with Gasteiger partial charge in [0.25, 0.3) is 0 Å². The van der Waals surface area contributed by atoms with Crippen molar-refractivity contribution in [3.8, 4) is 5.75 Å². The Morgan fingerprint density at radius 3 is 2.32 bits per heavy atom. The number of carbonyl (C=O) groups is 1. The summed E-state index contributed by atoms with van der Waals surface area (Å²) in [5.41, 5.74) is 0.937. The van der Waals surface area contributed by atoms with Gasteiger partial charge in [0.15, 0.2) is 0 Å². The van der Waals surface area contributed by atoms with Crippen LogP contribution in [0.1, 0.15) is 29.5 Å². The van der Waals surface area contributed by atoms with Gasteiger partial charge in [-0.15, -0.1) is 0 Å². The van der Waals surface area contributed by atoms with E-state index < -0.39 is 11.7 Å². The van der Waals surface area contributed by atoms with Crippen molar-refractivity contribution in [1.29, 1.82) is 0 Å². The van der Waals surface area contributed by atoms with E-state index in [1.807, 2.05) is 19.2 Å². The van der Waals surface area contributed by atoms with Crippen LogP contribution in [0.4, 0.5) is 13.2 Å². The number of hydrogen-bond donors (Lipinski definition) is 1. The summed E-state index contributed by atoms with van der Waals surface area (Å²) in [6.45, 7) is 1.58. The second-order valence-electron chi connectivity index (χ2n) is 6.98. The average molecular weight is 392 g/mol. The molecule has 1 heterocycles. The summed E-state index contributed by atoms with van der Waals surface area (Å²) in [4.78, 5) is 14.3. The van der Waals surface area contributed by atoms with Gasteiger partial charge in [0.05, 0.1) is 11.6 Å². The van der Waals surface area contributed by atoms with Gasteiger partial charge in [-0.25, -0.2) is 0 Å². The molecule has 1 saturated heterocycles. The molecular weight excluding hydrogens is 369 g/mol. The van der Waals surface area contributed by atoms with E-state index in [4.69, 9.17) is 4.74 Å². The van der Waals surface area contributed by atoms with E-state index >= 15 is 0 Å². The maximum absolute atomic E-state index is 12.6. The van der Waals surface area contributed by atoms with Crippen molar-refractivity contribution in [3.05, 3.63) is 65.2 Å². The second kappa shape index (κ2) is 8.65. The molecule has 1 atom stereocenters. The molecule has 4 nitrogen and oxygen atoms in total. The van der Waals surface area contributed by atoms with Gasteiger partial charge in [-0.2, -0.15) is 13.2 Å². The molecule has 0 spiro atoms. The lowest BCUT2D eigenvalue weighted by Gasteiger charge is -2.18. The lowest BCUT2D eigenvalue weighted by atomic mass is 10.1. The molecule has 0 aromatic heterocycles. The number of halogens is 3. The molecule has 0 bridgehead atoms. The molecule has 1 aliphatic rings. The predicted octanol–water partition coefficient (Wildman–Crippen LogP) is 3.99. The molecule has 1 N–H and O–H groups in total. The Hall–Kier alpha value is -2.54. The molecule has 1 fully saturated rings. The number of amides is 1. The SMILES string of the molecule is CN1CCC[C@H]1C(=O)NCc1ccc(OCc2ccc(C(F)(F)F)cc2)cc1. The summed E-state index contributed by atoms with van der Waals surface area (Å²) in [7, 11) is 1.96. The van der Waals surface area contributed by atoms with Gasteiger partial charge >= 0.3 is 6.18 Å². The fraction of sp³-hybridized carbons (Fsp3) is 0.381. The number of benzene rings is 2. The third-order valence-electron chi connectivity index (χ3n) is 4.90. The molecule has 2 aromatic rings. The van der Waals surface area contributed by atoms with E-state index in [2.05, 4.69) is 10.2 Å². The number of alkyl halides is 3. The van der Waals surface area contributed by atoms with Crippen molar-refractivity contribution in [2.24, 2.45) is 0 Å². The summed E-state index contributed by atoms with van der Waals surface area (Å²) in [6.07, 6.45) is -2.41. The van der Waals surface area contributed by atoms with Crippen LogP contribution < -0.4 is 10.1 Å². The lowest BCUT2D eigenvalue weighted by molar-refractivity contribution is -0.137. The fourth-order valence-electron chi connectivity index (χ4n) is 3.21. The zero-order valence-corrected chi connectivity index (χ0v) is 15.6. The molecule has 1 aliphatic heterocycles. The van der Waals surface area contributed by atoms with Gasteiger partial charge in [0.2, 0.25) is 5.91 Å². The first kappa shape index (κ1) is 20.2. The first-order valence-electron chi connectivity index (χ1n) is 9.19. The smallest absolute Gasteiger partial charge is 0.416 e. The first-order valence-corrected chi connectivity index (χ1v) is 9.19. The molecule has 0 unspecified atom stereocenters. The van der Waals surface area contributed by atoms with Crippen LogP contribution in [0.3, 0.4) is 0 Å². The second-order valence-corrected chi connectivity index (χ2v) is 6.98. The minimum absolute atomic E-state index is 0.0441. The molecule has 0 saturated carbocycles. The van der Waals surface area contributed by atoms with Gasteiger partial charge in [-0.05, 0) is 61.8 Å². The van der Waals surface area contributed by atoms with Crippen LogP contribution in [-0.2, 0) is 24.1 Å². The predicted molar refractivity (Wildman–Crippen MR) is 99.7 cm³/mol. The maximum atomic E-state index is 12.6. The molecule has 3 rings (SSSR count). The Morgan fingerprint density at radius 2 is 1.75 bits per heavy atom. The normalized spacial score (nSPS) is 17.5. The van der Waals surface area contributed by atoms with E-state index in [1.165, 1.54) is 12.1 Å². The van der Waals surface area contributed by atoms with E-state index in [9.17, 15) is 18.0 Å². The Balaban J connectivity index is 1.47. The summed E-state index contributed by atoms with van der Waals surface area (Å²) in [5.74, 6) is 0.660. The monoisotopic (exact) mass is 392 g/mol. The van der Waals surface area contributed by atoms with Crippen LogP contribution in [0, 0.1) is 0 Å². The fourth-order valence-corrected chi connectivity index (χ4v) is 3.21. The van der Waals surface area contributed by atoms with Crippen LogP contribution in [0.15, 0.2) is 48.5 Å². The summed E-state index contributed by atoms with van der Waals surface area (Å²) >= 11 is 0. The molecule has 0 radical (unpaired) electrons. The van der Waals surface area contributed by atoms with Crippen LogP contribution in [0.25, 0.3) is 0 Å². The first-order chi connectivity index (χ1) is 13.3. The standard InChI is InChI=1S/C21H23F3N2O2/c1-26-12-2-3-19(26)20(27)25-13-15-6-10-18(11-7-15)28-14-16-4-8-17(9-5-16)21(22,23)24/h4-11,19H,2-3,12-14H2,1H3,(H,25,27)/t19-/m0/s1. The number of ether oxygens (including phenoxy) is 1. The number of hydrogen-bond acceptors (Lipinski definition) is 3. The number of likely N-dealkylation sites (tertiary alicyclic amines) is 1. The number of nitrogens with one attached hydrogen (secondary N) is 1. The Kier molecular flexibility index (Phi) is 6.24. The van der Waals surface area contributed by atoms with Gasteiger partial charge in [0, 0.05) is 6.54 Å². The lowest BCUT2D eigenvalue weighted by Crippen LogP contribution is -2.41. The van der Waals surface area contributed by atoms with Crippen LogP contribution in [0.5, 0.6) is 5.75 Å². The third-order valence-corrected chi connectivity index (χ3v) is 4.90. The topological polar surface area (TPSA) is 41.6 Å². The minimum atomic E-state index is -4.34. The Labute approximate surface area is 162 Å². The van der Waals surface area contributed by atoms with E-state index in [-0.39, 0.29) is 18.6 Å². The van der Waals surface area contributed by atoms with Crippen molar-refractivity contribution >= 4 is 5.91 Å². The highest BCUT2D eigenvalue weighted by atomic mass is 19.4. The van der Waals surface area contributed by atoms with Gasteiger partial charge in [-0.3, -0.25) is 9.69 Å². The third kappa shape index (κ3) is 5.25. The molecule has 2 aromatic carbocycles. The van der Waals surface area contributed by atoms with E-state index in [0.717, 1.165) is 37.1 Å². The van der Waals surface area contributed by atoms with Gasteiger partial charge in [0.1, 0.15) is 12.4 Å². The van der Waals surface area contributed by atoms with Crippen LogP contribution in [0.2, 0.25) is 0 Å². The zero-order valence-electron chi connectivity index (χ0n) is 15.6. The Bertz CT molecular complexity index is 789. The van der Waals surface area contributed by atoms with Crippen molar-refractivity contribution in [2.75, 3.05) is 13.6 Å². The molecule has 0 aliphatic carbocycles. The summed E-state index contributed by atoms with van der Waals surface area (Å²) in [5, 5.41) is 2.95. The largest absolute Gasteiger partial charge is 0.489 e. The summed E-state index contributed by atoms with van der Waals surface area (Å²) < 4.78 is 43.3. The molecule has 1 amide bonds. The molecule has 7 heteroatoms. The van der Waals surface area contributed by atoms with E-state index in [0.29, 0.717) is 17.9 Å². The quantitative estimate of drug-likeness (QED) is 0.808. The average Bonchev–Trinajstić information content (AvgIpc) is 3.11. The number of carbonyl (C=O) groups excluding carboxylic acids is 1. The van der Waals surface area contributed by atoms with Crippen molar-refractivity contribution in [3.63, 3.8) is 0 Å². The number of rotatable bonds is 6. The zero-order chi connectivity index (χ0) is 20.1. The Morgan fingerprint density at radius 1 is 1.11 bits per heavy atom. The molecular formula is C21H23F3N2O2. The van der Waals surface area contributed by atoms with Crippen molar-refractivity contribution in [1.82, 2.24) is 10.2 Å². The number of likely N-dealkylation sites (N-methyl/N-ethyl adjacent to an activating group) is 1. The van der Waals surface area contributed by atoms with Gasteiger partial charge in [-0.1, -0.05) is 24.3 Å². The summed E-state index contributed by atoms with van der Waals surface area (Å²) in [6, 6.07) is 12.2. The van der Waals surface area contributed by atoms with E-state index in [1.54, 1.807) is 12.1 Å². The van der Waals surface area contributed by atoms with Crippen LogP contribution >= 0.6 is 0 Å². The molecule has 150 valence electrons. The maximum Gasteiger partial charge on any atom is 0.416 e. The molecule has 28 heavy (non-hydrogen) atoms.